The number of allylic oxidation sites excluding steroid dienone is 2. The molecular weight excluding hydrogens is 312 g/mol. The van der Waals surface area contributed by atoms with Crippen LogP contribution < -0.4 is 10.2 Å². The molecule has 0 bridgehead atoms. The van der Waals surface area contributed by atoms with Crippen molar-refractivity contribution in [2.45, 2.75) is 32.6 Å². The predicted octanol–water partition coefficient (Wildman–Crippen LogP) is 3.88. The van der Waals surface area contributed by atoms with Crippen molar-refractivity contribution in [3.05, 3.63) is 40.9 Å². The molecule has 0 saturated heterocycles. The van der Waals surface area contributed by atoms with Crippen LogP contribution >= 0.6 is 11.6 Å². The molecule has 2 aliphatic carbocycles. The number of amides is 1. The SMILES string of the molecule is Cc1cc(Cl)ccc1OCCCC(=O)N/N=C1/C[C@@H]2C=CC[C@@H]12. The summed E-state index contributed by atoms with van der Waals surface area (Å²) in [5, 5.41) is 4.95. The van der Waals surface area contributed by atoms with E-state index in [0.717, 1.165) is 29.9 Å². The van der Waals surface area contributed by atoms with Gasteiger partial charge in [0.1, 0.15) is 5.75 Å². The van der Waals surface area contributed by atoms with Crippen molar-refractivity contribution in [3.63, 3.8) is 0 Å². The van der Waals surface area contributed by atoms with E-state index in [1.54, 1.807) is 6.07 Å². The number of ether oxygens (including phenoxy) is 1. The van der Waals surface area contributed by atoms with Crippen molar-refractivity contribution in [1.82, 2.24) is 5.43 Å². The van der Waals surface area contributed by atoms with Gasteiger partial charge in [0.05, 0.1) is 6.61 Å². The Morgan fingerprint density at radius 2 is 2.35 bits per heavy atom. The molecule has 2 atom stereocenters. The summed E-state index contributed by atoms with van der Waals surface area (Å²) in [4.78, 5) is 11.8. The summed E-state index contributed by atoms with van der Waals surface area (Å²) in [5.74, 6) is 1.95. The predicted molar refractivity (Wildman–Crippen MR) is 91.8 cm³/mol. The summed E-state index contributed by atoms with van der Waals surface area (Å²) in [6, 6.07) is 5.52. The van der Waals surface area contributed by atoms with Gasteiger partial charge in [-0.2, -0.15) is 5.10 Å². The van der Waals surface area contributed by atoms with Gasteiger partial charge in [0, 0.05) is 23.1 Å². The molecule has 1 aromatic rings. The summed E-state index contributed by atoms with van der Waals surface area (Å²) in [6.45, 7) is 2.45. The number of fused-ring (bicyclic) bond motifs is 1. The van der Waals surface area contributed by atoms with Crippen LogP contribution in [-0.4, -0.2) is 18.2 Å². The quantitative estimate of drug-likeness (QED) is 0.488. The summed E-state index contributed by atoms with van der Waals surface area (Å²) >= 11 is 5.91. The minimum atomic E-state index is -0.0525. The Balaban J connectivity index is 1.34. The van der Waals surface area contributed by atoms with Gasteiger partial charge in [0.15, 0.2) is 0 Å². The number of rotatable bonds is 6. The standard InChI is InChI=1S/C18H21ClN2O2/c1-12-10-14(19)7-8-17(12)23-9-3-6-18(22)21-20-16-11-13-4-2-5-15(13)16/h2,4,7-8,10,13,15H,3,5-6,9,11H2,1H3,(H,21,22)/b20-16-/t13-,15+/m0/s1. The molecule has 2 aliphatic rings. The fraction of sp³-hybridized carbons (Fsp3) is 0.444. The first kappa shape index (κ1) is 16.1. The van der Waals surface area contributed by atoms with Crippen molar-refractivity contribution in [2.75, 3.05) is 6.61 Å². The fourth-order valence-electron chi connectivity index (χ4n) is 3.04. The lowest BCUT2D eigenvalue weighted by atomic mass is 9.74. The maximum atomic E-state index is 11.8. The van der Waals surface area contributed by atoms with E-state index in [4.69, 9.17) is 16.3 Å². The molecule has 0 aromatic heterocycles. The first-order chi connectivity index (χ1) is 11.1. The Hall–Kier alpha value is -1.81. The van der Waals surface area contributed by atoms with Gasteiger partial charge in [-0.25, -0.2) is 5.43 Å². The van der Waals surface area contributed by atoms with Gasteiger partial charge in [-0.15, -0.1) is 0 Å². The normalized spacial score (nSPS) is 23.5. The third-order valence-electron chi connectivity index (χ3n) is 4.43. The van der Waals surface area contributed by atoms with Crippen LogP contribution in [0, 0.1) is 18.8 Å². The molecule has 122 valence electrons. The van der Waals surface area contributed by atoms with Crippen molar-refractivity contribution >= 4 is 23.2 Å². The lowest BCUT2D eigenvalue weighted by molar-refractivity contribution is -0.121. The highest BCUT2D eigenvalue weighted by Gasteiger charge is 2.37. The second kappa shape index (κ2) is 7.18. The van der Waals surface area contributed by atoms with Crippen LogP contribution in [0.15, 0.2) is 35.5 Å². The van der Waals surface area contributed by atoms with Gasteiger partial charge in [-0.1, -0.05) is 23.8 Å². The Bertz CT molecular complexity index is 654. The fourth-order valence-corrected chi connectivity index (χ4v) is 3.27. The molecule has 1 amide bonds. The van der Waals surface area contributed by atoms with Crippen LogP contribution in [0.4, 0.5) is 0 Å². The molecule has 0 heterocycles. The lowest BCUT2D eigenvalue weighted by Gasteiger charge is -2.31. The summed E-state index contributed by atoms with van der Waals surface area (Å²) in [7, 11) is 0. The van der Waals surface area contributed by atoms with Gasteiger partial charge in [-0.3, -0.25) is 4.79 Å². The van der Waals surface area contributed by atoms with Gasteiger partial charge >= 0.3 is 0 Å². The van der Waals surface area contributed by atoms with Crippen molar-refractivity contribution < 1.29 is 9.53 Å². The van der Waals surface area contributed by atoms with Crippen LogP contribution in [0.2, 0.25) is 5.02 Å². The van der Waals surface area contributed by atoms with Crippen molar-refractivity contribution in [2.24, 2.45) is 16.9 Å². The Kier molecular flexibility index (Phi) is 5.01. The van der Waals surface area contributed by atoms with Crippen LogP contribution in [-0.2, 0) is 4.79 Å². The average Bonchev–Trinajstić information content (AvgIpc) is 2.87. The van der Waals surface area contributed by atoms with E-state index in [1.165, 1.54) is 0 Å². The minimum absolute atomic E-state index is 0.0525. The second-order valence-electron chi connectivity index (χ2n) is 6.14. The number of halogens is 1. The van der Waals surface area contributed by atoms with Crippen LogP contribution in [0.1, 0.15) is 31.2 Å². The molecule has 1 aromatic carbocycles. The summed E-state index contributed by atoms with van der Waals surface area (Å²) in [6.07, 6.45) is 7.58. The highest BCUT2D eigenvalue weighted by atomic mass is 35.5. The monoisotopic (exact) mass is 332 g/mol. The number of carbonyl (C=O) groups excluding carboxylic acids is 1. The third-order valence-corrected chi connectivity index (χ3v) is 4.66. The molecule has 0 spiro atoms. The largest absolute Gasteiger partial charge is 0.493 e. The highest BCUT2D eigenvalue weighted by Crippen LogP contribution is 2.40. The minimum Gasteiger partial charge on any atom is -0.493 e. The topological polar surface area (TPSA) is 50.7 Å². The number of hydrazone groups is 1. The van der Waals surface area contributed by atoms with E-state index in [0.29, 0.717) is 36.3 Å². The zero-order valence-corrected chi connectivity index (χ0v) is 14.0. The highest BCUT2D eigenvalue weighted by molar-refractivity contribution is 6.30. The smallest absolute Gasteiger partial charge is 0.240 e. The molecule has 1 N–H and O–H groups in total. The van der Waals surface area contributed by atoms with Crippen molar-refractivity contribution in [1.29, 1.82) is 0 Å². The molecule has 23 heavy (non-hydrogen) atoms. The molecule has 5 heteroatoms. The molecule has 0 aliphatic heterocycles. The van der Waals surface area contributed by atoms with E-state index < -0.39 is 0 Å². The maximum Gasteiger partial charge on any atom is 0.240 e. The van der Waals surface area contributed by atoms with Gasteiger partial charge in [0.25, 0.3) is 0 Å². The molecular formula is C18H21ClN2O2. The van der Waals surface area contributed by atoms with Crippen LogP contribution in [0.25, 0.3) is 0 Å². The summed E-state index contributed by atoms with van der Waals surface area (Å²) in [5.41, 5.74) is 4.79. The number of nitrogens with one attached hydrogen (secondary N) is 1. The van der Waals surface area contributed by atoms with E-state index in [-0.39, 0.29) is 5.91 Å². The second-order valence-corrected chi connectivity index (χ2v) is 6.57. The zero-order valence-electron chi connectivity index (χ0n) is 13.2. The van der Waals surface area contributed by atoms with E-state index in [2.05, 4.69) is 22.7 Å². The molecule has 1 saturated carbocycles. The molecule has 0 unspecified atom stereocenters. The first-order valence-corrected chi connectivity index (χ1v) is 8.42. The molecule has 0 radical (unpaired) electrons. The Labute approximate surface area is 141 Å². The van der Waals surface area contributed by atoms with E-state index in [9.17, 15) is 4.79 Å². The van der Waals surface area contributed by atoms with Crippen LogP contribution in [0.5, 0.6) is 5.75 Å². The Morgan fingerprint density at radius 1 is 1.48 bits per heavy atom. The number of hydrogen-bond donors (Lipinski definition) is 1. The molecule has 4 nitrogen and oxygen atoms in total. The van der Waals surface area contributed by atoms with Gasteiger partial charge < -0.3 is 4.74 Å². The lowest BCUT2D eigenvalue weighted by Crippen LogP contribution is -2.35. The average molecular weight is 333 g/mol. The zero-order chi connectivity index (χ0) is 16.2. The number of nitrogens with zero attached hydrogens (tertiary/aromatic N) is 1. The summed E-state index contributed by atoms with van der Waals surface area (Å²) < 4.78 is 5.67. The van der Waals surface area contributed by atoms with Gasteiger partial charge in [0.2, 0.25) is 5.91 Å². The van der Waals surface area contributed by atoms with E-state index in [1.807, 2.05) is 19.1 Å². The van der Waals surface area contributed by atoms with Crippen LogP contribution in [0.3, 0.4) is 0 Å². The van der Waals surface area contributed by atoms with Gasteiger partial charge in [-0.05, 0) is 55.9 Å². The molecule has 3 rings (SSSR count). The van der Waals surface area contributed by atoms with E-state index >= 15 is 0 Å². The number of carbonyl (C=O) groups is 1. The number of aryl methyl sites for hydroxylation is 1. The Morgan fingerprint density at radius 3 is 3.13 bits per heavy atom. The molecule has 1 fully saturated rings. The number of benzene rings is 1. The third kappa shape index (κ3) is 3.94. The maximum absolute atomic E-state index is 11.8. The van der Waals surface area contributed by atoms with Crippen molar-refractivity contribution in [3.8, 4) is 5.75 Å². The number of hydrogen-bond acceptors (Lipinski definition) is 3. The first-order valence-electron chi connectivity index (χ1n) is 8.04.